The maximum Gasteiger partial charge on any atom is 0.260 e. The quantitative estimate of drug-likeness (QED) is 0.601. The van der Waals surface area contributed by atoms with Crippen LogP contribution < -0.4 is 0 Å². The Bertz CT molecular complexity index is 865. The van der Waals surface area contributed by atoms with Gasteiger partial charge in [0.1, 0.15) is 5.69 Å². The van der Waals surface area contributed by atoms with Crippen molar-refractivity contribution in [1.82, 2.24) is 25.1 Å². The predicted octanol–water partition coefficient (Wildman–Crippen LogP) is 2.67. The molecule has 96 valence electrons. The average molecular weight is 263 g/mol. The second-order valence-electron chi connectivity index (χ2n) is 4.26. The summed E-state index contributed by atoms with van der Waals surface area (Å²) in [5.74, 6) is 0.890. The molecule has 0 spiro atoms. The van der Waals surface area contributed by atoms with Gasteiger partial charge in [-0.15, -0.1) is 0 Å². The Hall–Kier alpha value is -3.02. The molecule has 0 fully saturated rings. The molecule has 3 heterocycles. The molecular formula is C14H9N5O. The van der Waals surface area contributed by atoms with Gasteiger partial charge in [-0.1, -0.05) is 23.4 Å². The van der Waals surface area contributed by atoms with Crippen LogP contribution in [0.5, 0.6) is 0 Å². The average Bonchev–Trinajstić information content (AvgIpc) is 3.14. The molecule has 0 saturated heterocycles. The first kappa shape index (κ1) is 10.9. The Kier molecular flexibility index (Phi) is 2.32. The Morgan fingerprint density at radius 1 is 1.10 bits per heavy atom. The molecule has 1 N–H and O–H groups in total. The van der Waals surface area contributed by atoms with Crippen LogP contribution in [-0.4, -0.2) is 25.1 Å². The maximum atomic E-state index is 5.32. The van der Waals surface area contributed by atoms with Crippen molar-refractivity contribution in [2.24, 2.45) is 0 Å². The van der Waals surface area contributed by atoms with Gasteiger partial charge in [-0.3, -0.25) is 4.98 Å². The highest BCUT2D eigenvalue weighted by Gasteiger charge is 2.14. The largest absolute Gasteiger partial charge is 0.360 e. The van der Waals surface area contributed by atoms with Gasteiger partial charge in [-0.05, 0) is 6.07 Å². The van der Waals surface area contributed by atoms with Gasteiger partial charge in [0.2, 0.25) is 5.82 Å². The summed E-state index contributed by atoms with van der Waals surface area (Å²) in [6, 6.07) is 7.95. The van der Waals surface area contributed by atoms with E-state index >= 15 is 0 Å². The van der Waals surface area contributed by atoms with E-state index in [1.165, 1.54) is 0 Å². The number of benzene rings is 1. The first-order valence-electron chi connectivity index (χ1n) is 6.08. The topological polar surface area (TPSA) is 80.5 Å². The Morgan fingerprint density at radius 3 is 2.95 bits per heavy atom. The number of para-hydroxylation sites is 1. The molecule has 0 amide bonds. The van der Waals surface area contributed by atoms with E-state index in [0.29, 0.717) is 17.4 Å². The van der Waals surface area contributed by atoms with Crippen LogP contribution in [0.1, 0.15) is 0 Å². The van der Waals surface area contributed by atoms with Gasteiger partial charge in [0.25, 0.3) is 5.89 Å². The first-order chi connectivity index (χ1) is 9.92. The van der Waals surface area contributed by atoms with E-state index < -0.39 is 0 Å². The van der Waals surface area contributed by atoms with E-state index in [2.05, 4.69) is 25.1 Å². The van der Waals surface area contributed by atoms with Crippen LogP contribution in [0.2, 0.25) is 0 Å². The third-order valence-corrected chi connectivity index (χ3v) is 3.04. The van der Waals surface area contributed by atoms with Crippen LogP contribution in [0.3, 0.4) is 0 Å². The van der Waals surface area contributed by atoms with E-state index in [1.807, 2.05) is 30.5 Å². The molecular weight excluding hydrogens is 254 g/mol. The molecule has 1 aromatic carbocycles. The SMILES string of the molecule is c1ccc2c(-c3nc(-c4cnccn4)no3)c[nH]c2c1. The predicted molar refractivity (Wildman–Crippen MR) is 72.6 cm³/mol. The summed E-state index contributed by atoms with van der Waals surface area (Å²) in [5.41, 5.74) is 2.49. The Morgan fingerprint density at radius 2 is 2.05 bits per heavy atom. The van der Waals surface area contributed by atoms with Crippen LogP contribution in [0.4, 0.5) is 0 Å². The molecule has 6 nitrogen and oxygen atoms in total. The molecule has 0 radical (unpaired) electrons. The molecule has 0 unspecified atom stereocenters. The molecule has 4 aromatic rings. The van der Waals surface area contributed by atoms with E-state index in [9.17, 15) is 0 Å². The summed E-state index contributed by atoms with van der Waals surface area (Å²) in [5, 5.41) is 4.99. The second kappa shape index (κ2) is 4.27. The number of nitrogens with one attached hydrogen (secondary N) is 1. The molecule has 4 rings (SSSR count). The van der Waals surface area contributed by atoms with Gasteiger partial charge in [0.05, 0.1) is 11.8 Å². The van der Waals surface area contributed by atoms with Crippen molar-refractivity contribution in [3.63, 3.8) is 0 Å². The van der Waals surface area contributed by atoms with Gasteiger partial charge < -0.3 is 9.51 Å². The van der Waals surface area contributed by atoms with Crippen molar-refractivity contribution in [1.29, 1.82) is 0 Å². The summed E-state index contributed by atoms with van der Waals surface area (Å²) in [6.07, 6.45) is 6.66. The molecule has 0 saturated carbocycles. The lowest BCUT2D eigenvalue weighted by atomic mass is 10.2. The highest BCUT2D eigenvalue weighted by molar-refractivity contribution is 5.93. The maximum absolute atomic E-state index is 5.32. The zero-order valence-electron chi connectivity index (χ0n) is 10.3. The molecule has 3 aromatic heterocycles. The van der Waals surface area contributed by atoms with E-state index in [-0.39, 0.29) is 0 Å². The molecule has 20 heavy (non-hydrogen) atoms. The monoisotopic (exact) mass is 263 g/mol. The fraction of sp³-hybridized carbons (Fsp3) is 0. The van der Waals surface area contributed by atoms with Gasteiger partial charge in [-0.25, -0.2) is 4.98 Å². The molecule has 0 aliphatic heterocycles. The molecule has 6 heteroatoms. The summed E-state index contributed by atoms with van der Waals surface area (Å²) < 4.78 is 5.32. The van der Waals surface area contributed by atoms with Crippen LogP contribution in [-0.2, 0) is 0 Å². The number of aromatic nitrogens is 5. The minimum absolute atomic E-state index is 0.429. The lowest BCUT2D eigenvalue weighted by Crippen LogP contribution is -1.85. The summed E-state index contributed by atoms with van der Waals surface area (Å²) in [4.78, 5) is 15.7. The third kappa shape index (κ3) is 1.66. The number of aromatic amines is 1. The van der Waals surface area contributed by atoms with E-state index in [0.717, 1.165) is 16.5 Å². The number of hydrogen-bond acceptors (Lipinski definition) is 5. The zero-order chi connectivity index (χ0) is 13.4. The summed E-state index contributed by atoms with van der Waals surface area (Å²) in [7, 11) is 0. The highest BCUT2D eigenvalue weighted by atomic mass is 16.5. The first-order valence-corrected chi connectivity index (χ1v) is 6.08. The normalized spacial score (nSPS) is 11.0. The molecule has 0 bridgehead atoms. The van der Waals surface area contributed by atoms with Crippen molar-refractivity contribution in [2.75, 3.05) is 0 Å². The second-order valence-corrected chi connectivity index (χ2v) is 4.26. The van der Waals surface area contributed by atoms with E-state index in [1.54, 1.807) is 18.6 Å². The Balaban J connectivity index is 1.82. The lowest BCUT2D eigenvalue weighted by molar-refractivity contribution is 0.432. The number of nitrogens with zero attached hydrogens (tertiary/aromatic N) is 4. The fourth-order valence-electron chi connectivity index (χ4n) is 2.10. The van der Waals surface area contributed by atoms with E-state index in [4.69, 9.17) is 4.52 Å². The minimum atomic E-state index is 0.429. The van der Waals surface area contributed by atoms with Crippen LogP contribution in [0.15, 0.2) is 53.6 Å². The highest BCUT2D eigenvalue weighted by Crippen LogP contribution is 2.28. The van der Waals surface area contributed by atoms with Crippen LogP contribution in [0.25, 0.3) is 33.9 Å². The molecule has 0 aliphatic carbocycles. The molecule has 0 aliphatic rings. The lowest BCUT2D eigenvalue weighted by Gasteiger charge is -1.91. The zero-order valence-corrected chi connectivity index (χ0v) is 10.3. The van der Waals surface area contributed by atoms with Crippen molar-refractivity contribution < 1.29 is 4.52 Å². The standard InChI is InChI=1S/C14H9N5O/c1-2-4-11-9(3-1)10(7-17-11)14-18-13(19-20-14)12-8-15-5-6-16-12/h1-8,17H. The number of fused-ring (bicyclic) bond motifs is 1. The van der Waals surface area contributed by atoms with Crippen molar-refractivity contribution in [2.45, 2.75) is 0 Å². The van der Waals surface area contributed by atoms with Crippen molar-refractivity contribution in [3.05, 3.63) is 49.1 Å². The Labute approximate surface area is 113 Å². The van der Waals surface area contributed by atoms with Crippen LogP contribution >= 0.6 is 0 Å². The summed E-state index contributed by atoms with van der Waals surface area (Å²) >= 11 is 0. The van der Waals surface area contributed by atoms with Crippen molar-refractivity contribution in [3.8, 4) is 23.0 Å². The van der Waals surface area contributed by atoms with Gasteiger partial charge in [0.15, 0.2) is 0 Å². The van der Waals surface area contributed by atoms with Crippen molar-refractivity contribution >= 4 is 10.9 Å². The minimum Gasteiger partial charge on any atom is -0.360 e. The van der Waals surface area contributed by atoms with Gasteiger partial charge >= 0.3 is 0 Å². The van der Waals surface area contributed by atoms with Gasteiger partial charge in [0, 0.05) is 29.5 Å². The number of H-pyrrole nitrogens is 1. The van der Waals surface area contributed by atoms with Gasteiger partial charge in [-0.2, -0.15) is 4.98 Å². The fourth-order valence-corrected chi connectivity index (χ4v) is 2.10. The number of hydrogen-bond donors (Lipinski definition) is 1. The smallest absolute Gasteiger partial charge is 0.260 e. The number of rotatable bonds is 2. The summed E-state index contributed by atoms with van der Waals surface area (Å²) in [6.45, 7) is 0. The molecule has 0 atom stereocenters. The van der Waals surface area contributed by atoms with Crippen LogP contribution in [0, 0.1) is 0 Å². The third-order valence-electron chi connectivity index (χ3n) is 3.04.